The van der Waals surface area contributed by atoms with Gasteiger partial charge in [-0.2, -0.15) is 0 Å². The average Bonchev–Trinajstić information content (AvgIpc) is 3.37. The highest BCUT2D eigenvalue weighted by molar-refractivity contribution is 7.14. The number of thiazole rings is 1. The van der Waals surface area contributed by atoms with Gasteiger partial charge >= 0.3 is 0 Å². The van der Waals surface area contributed by atoms with Crippen molar-refractivity contribution in [3.63, 3.8) is 0 Å². The highest BCUT2D eigenvalue weighted by Crippen LogP contribution is 2.25. The van der Waals surface area contributed by atoms with Gasteiger partial charge in [0.25, 0.3) is 0 Å². The minimum Gasteiger partial charge on any atom is -0.421 e. The van der Waals surface area contributed by atoms with Gasteiger partial charge in [-0.1, -0.05) is 48.0 Å². The molecule has 0 aliphatic heterocycles. The van der Waals surface area contributed by atoms with Crippen LogP contribution in [0.3, 0.4) is 0 Å². The molecule has 2 aromatic carbocycles. The van der Waals surface area contributed by atoms with E-state index in [0.29, 0.717) is 23.3 Å². The van der Waals surface area contributed by atoms with Gasteiger partial charge in [-0.05, 0) is 19.1 Å². The summed E-state index contributed by atoms with van der Waals surface area (Å²) in [5, 5.41) is 13.4. The van der Waals surface area contributed by atoms with E-state index < -0.39 is 0 Å². The normalized spacial score (nSPS) is 10.8. The molecule has 0 fully saturated rings. The third-order valence-electron chi connectivity index (χ3n) is 4.15. The largest absolute Gasteiger partial charge is 0.421 e. The molecule has 0 aliphatic carbocycles. The second-order valence-corrected chi connectivity index (χ2v) is 7.18. The number of amides is 1. The van der Waals surface area contributed by atoms with Crippen molar-refractivity contribution in [3.8, 4) is 22.7 Å². The van der Waals surface area contributed by atoms with Crippen molar-refractivity contribution in [1.82, 2.24) is 15.2 Å². The molecule has 28 heavy (non-hydrogen) atoms. The summed E-state index contributed by atoms with van der Waals surface area (Å²) in [6.45, 7) is 2.04. The summed E-state index contributed by atoms with van der Waals surface area (Å²) >= 11 is 1.41. The fourth-order valence-corrected chi connectivity index (χ4v) is 3.38. The van der Waals surface area contributed by atoms with Gasteiger partial charge in [0.2, 0.25) is 17.7 Å². The fourth-order valence-electron chi connectivity index (χ4n) is 2.64. The van der Waals surface area contributed by atoms with Gasteiger partial charge in [-0.15, -0.1) is 21.5 Å². The zero-order valence-electron chi connectivity index (χ0n) is 15.3. The molecule has 2 heterocycles. The zero-order valence-corrected chi connectivity index (χ0v) is 16.1. The van der Waals surface area contributed by atoms with Crippen LogP contribution in [0.5, 0.6) is 0 Å². The monoisotopic (exact) mass is 390 g/mol. The first-order valence-electron chi connectivity index (χ1n) is 8.87. The van der Waals surface area contributed by atoms with E-state index >= 15 is 0 Å². The fraction of sp³-hybridized carbons (Fsp3) is 0.143. The molecule has 2 aromatic heterocycles. The third kappa shape index (κ3) is 4.32. The number of carbonyl (C=O) groups is 1. The first-order chi connectivity index (χ1) is 13.7. The summed E-state index contributed by atoms with van der Waals surface area (Å²) in [5.41, 5.74) is 3.94. The van der Waals surface area contributed by atoms with E-state index in [1.54, 1.807) is 0 Å². The Morgan fingerprint density at radius 3 is 2.61 bits per heavy atom. The minimum absolute atomic E-state index is 0.135. The van der Waals surface area contributed by atoms with Crippen molar-refractivity contribution in [2.45, 2.75) is 19.8 Å². The van der Waals surface area contributed by atoms with Crippen molar-refractivity contribution < 1.29 is 9.21 Å². The van der Waals surface area contributed by atoms with Crippen LogP contribution in [0.2, 0.25) is 0 Å². The molecule has 4 rings (SSSR count). The maximum atomic E-state index is 12.2. The number of hydrogen-bond donors (Lipinski definition) is 1. The Hall–Kier alpha value is -3.32. The lowest BCUT2D eigenvalue weighted by Crippen LogP contribution is -2.12. The zero-order chi connectivity index (χ0) is 19.3. The average molecular weight is 390 g/mol. The Labute approximate surface area is 166 Å². The molecule has 1 amide bonds. The van der Waals surface area contributed by atoms with E-state index in [2.05, 4.69) is 20.5 Å². The second-order valence-electron chi connectivity index (χ2n) is 6.32. The molecule has 0 bridgehead atoms. The van der Waals surface area contributed by atoms with Crippen LogP contribution in [0.1, 0.15) is 17.9 Å². The standard InChI is InChI=1S/C21H18N4O2S/c1-14-7-9-15(10-8-14)17-13-28-21(22-17)23-18(26)11-12-19-24-25-20(27-19)16-5-3-2-4-6-16/h2-10,13H,11-12H2,1H3,(H,22,23,26). The SMILES string of the molecule is Cc1ccc(-c2csc(NC(=O)CCc3nnc(-c4ccccc4)o3)n2)cc1. The Bertz CT molecular complexity index is 1070. The molecule has 1 N–H and O–H groups in total. The van der Waals surface area contributed by atoms with Gasteiger partial charge in [-0.25, -0.2) is 4.98 Å². The number of benzene rings is 2. The quantitative estimate of drug-likeness (QED) is 0.514. The van der Waals surface area contributed by atoms with E-state index in [9.17, 15) is 4.79 Å². The Morgan fingerprint density at radius 2 is 1.82 bits per heavy atom. The lowest BCUT2D eigenvalue weighted by atomic mass is 10.1. The van der Waals surface area contributed by atoms with Gasteiger partial charge in [-0.3, -0.25) is 4.79 Å². The predicted octanol–water partition coefficient (Wildman–Crippen LogP) is 4.74. The Morgan fingerprint density at radius 1 is 1.04 bits per heavy atom. The van der Waals surface area contributed by atoms with Crippen molar-refractivity contribution >= 4 is 22.4 Å². The van der Waals surface area contributed by atoms with Crippen LogP contribution in [-0.2, 0) is 11.2 Å². The molecule has 0 radical (unpaired) electrons. The smallest absolute Gasteiger partial charge is 0.247 e. The first kappa shape index (κ1) is 18.1. The molecule has 0 saturated heterocycles. The number of nitrogens with one attached hydrogen (secondary N) is 1. The van der Waals surface area contributed by atoms with Crippen LogP contribution >= 0.6 is 11.3 Å². The molecule has 0 unspecified atom stereocenters. The van der Waals surface area contributed by atoms with Crippen molar-refractivity contribution in [3.05, 3.63) is 71.4 Å². The highest BCUT2D eigenvalue weighted by Gasteiger charge is 2.12. The summed E-state index contributed by atoms with van der Waals surface area (Å²) in [6.07, 6.45) is 0.623. The summed E-state index contributed by atoms with van der Waals surface area (Å²) in [6, 6.07) is 17.7. The summed E-state index contributed by atoms with van der Waals surface area (Å²) in [7, 11) is 0. The van der Waals surface area contributed by atoms with Crippen molar-refractivity contribution in [1.29, 1.82) is 0 Å². The molecular formula is C21H18N4O2S. The van der Waals surface area contributed by atoms with Crippen LogP contribution in [-0.4, -0.2) is 21.1 Å². The van der Waals surface area contributed by atoms with Gasteiger partial charge in [0.1, 0.15) is 0 Å². The molecule has 0 atom stereocenters. The number of hydrogen-bond acceptors (Lipinski definition) is 6. The van der Waals surface area contributed by atoms with Gasteiger partial charge < -0.3 is 9.73 Å². The molecular weight excluding hydrogens is 372 g/mol. The molecule has 4 aromatic rings. The van der Waals surface area contributed by atoms with Crippen LogP contribution in [0, 0.1) is 6.92 Å². The van der Waals surface area contributed by atoms with E-state index in [0.717, 1.165) is 16.8 Å². The Kier molecular flexibility index (Phi) is 5.25. The molecule has 6 nitrogen and oxygen atoms in total. The van der Waals surface area contributed by atoms with Crippen LogP contribution < -0.4 is 5.32 Å². The number of carbonyl (C=O) groups excluding carboxylic acids is 1. The Balaban J connectivity index is 1.33. The van der Waals surface area contributed by atoms with Gasteiger partial charge in [0.05, 0.1) is 5.69 Å². The third-order valence-corrected chi connectivity index (χ3v) is 4.91. The number of nitrogens with zero attached hydrogens (tertiary/aromatic N) is 3. The molecule has 140 valence electrons. The highest BCUT2D eigenvalue weighted by atomic mass is 32.1. The summed E-state index contributed by atoms with van der Waals surface area (Å²) in [5.74, 6) is 0.761. The lowest BCUT2D eigenvalue weighted by molar-refractivity contribution is -0.116. The summed E-state index contributed by atoms with van der Waals surface area (Å²) in [4.78, 5) is 16.7. The predicted molar refractivity (Wildman–Crippen MR) is 109 cm³/mol. The van der Waals surface area contributed by atoms with E-state index in [-0.39, 0.29) is 12.3 Å². The number of rotatable bonds is 6. The van der Waals surface area contributed by atoms with Crippen molar-refractivity contribution in [2.75, 3.05) is 5.32 Å². The minimum atomic E-state index is -0.135. The second kappa shape index (κ2) is 8.14. The number of aryl methyl sites for hydroxylation is 2. The molecule has 7 heteroatoms. The molecule has 0 aliphatic rings. The first-order valence-corrected chi connectivity index (χ1v) is 9.75. The molecule has 0 spiro atoms. The lowest BCUT2D eigenvalue weighted by Gasteiger charge is -2.00. The van der Waals surface area contributed by atoms with E-state index in [1.165, 1.54) is 16.9 Å². The topological polar surface area (TPSA) is 80.9 Å². The number of aromatic nitrogens is 3. The maximum Gasteiger partial charge on any atom is 0.247 e. The van der Waals surface area contributed by atoms with Gasteiger partial charge in [0.15, 0.2) is 5.13 Å². The van der Waals surface area contributed by atoms with E-state index in [1.807, 2.05) is 66.9 Å². The van der Waals surface area contributed by atoms with E-state index in [4.69, 9.17) is 4.42 Å². The van der Waals surface area contributed by atoms with Crippen LogP contribution in [0.15, 0.2) is 64.4 Å². The van der Waals surface area contributed by atoms with Gasteiger partial charge in [0, 0.05) is 29.3 Å². The maximum absolute atomic E-state index is 12.2. The summed E-state index contributed by atoms with van der Waals surface area (Å²) < 4.78 is 5.63. The number of anilines is 1. The van der Waals surface area contributed by atoms with Crippen LogP contribution in [0.4, 0.5) is 5.13 Å². The van der Waals surface area contributed by atoms with Crippen molar-refractivity contribution in [2.24, 2.45) is 0 Å². The van der Waals surface area contributed by atoms with Crippen LogP contribution in [0.25, 0.3) is 22.7 Å². The molecule has 0 saturated carbocycles.